The average Bonchev–Trinajstić information content (AvgIpc) is 2.76. The lowest BCUT2D eigenvalue weighted by molar-refractivity contribution is 0.706. The monoisotopic (exact) mass is 248 g/mol. The van der Waals surface area contributed by atoms with Crippen molar-refractivity contribution in [2.24, 2.45) is 0 Å². The summed E-state index contributed by atoms with van der Waals surface area (Å²) in [5.41, 5.74) is 6.82. The second-order valence-electron chi connectivity index (χ2n) is 3.98. The molecule has 0 saturated heterocycles. The molecule has 4 nitrogen and oxygen atoms in total. The summed E-state index contributed by atoms with van der Waals surface area (Å²) in [6.07, 6.45) is 1.06. The molecule has 1 aromatic carbocycles. The van der Waals surface area contributed by atoms with E-state index in [0.717, 1.165) is 18.1 Å². The topological polar surface area (TPSA) is 63.8 Å². The van der Waals surface area contributed by atoms with Crippen LogP contribution in [0.25, 0.3) is 0 Å². The van der Waals surface area contributed by atoms with Gasteiger partial charge in [-0.1, -0.05) is 37.3 Å². The highest BCUT2D eigenvalue weighted by Gasteiger charge is 2.05. The van der Waals surface area contributed by atoms with Crippen molar-refractivity contribution in [2.45, 2.75) is 19.3 Å². The Morgan fingerprint density at radius 1 is 1.35 bits per heavy atom. The van der Waals surface area contributed by atoms with Crippen LogP contribution in [0.3, 0.4) is 0 Å². The van der Waals surface area contributed by atoms with Crippen LogP contribution in [0.4, 0.5) is 11.1 Å². The van der Waals surface area contributed by atoms with Gasteiger partial charge in [0.25, 0.3) is 0 Å². The van der Waals surface area contributed by atoms with Crippen LogP contribution in [0, 0.1) is 0 Å². The van der Waals surface area contributed by atoms with Crippen molar-refractivity contribution >= 4 is 22.6 Å². The molecule has 1 atom stereocenters. The summed E-state index contributed by atoms with van der Waals surface area (Å²) >= 11 is 1.30. The predicted octanol–water partition coefficient (Wildman–Crippen LogP) is 2.73. The third-order valence-electron chi connectivity index (χ3n) is 2.66. The summed E-state index contributed by atoms with van der Waals surface area (Å²) in [6, 6.07) is 10.5. The second-order valence-corrected chi connectivity index (χ2v) is 4.74. The molecule has 0 spiro atoms. The number of aromatic nitrogens is 2. The normalized spacial score (nSPS) is 12.3. The highest BCUT2D eigenvalue weighted by atomic mass is 32.1. The van der Waals surface area contributed by atoms with Crippen LogP contribution >= 0.6 is 11.5 Å². The molecule has 1 heterocycles. The van der Waals surface area contributed by atoms with Crippen molar-refractivity contribution in [3.63, 3.8) is 0 Å². The van der Waals surface area contributed by atoms with Crippen LogP contribution in [0.5, 0.6) is 0 Å². The first-order valence-corrected chi connectivity index (χ1v) is 6.41. The Bertz CT molecular complexity index is 455. The van der Waals surface area contributed by atoms with Crippen LogP contribution in [-0.2, 0) is 0 Å². The SMILES string of the molecule is CC(CCNc1nc(N)ns1)c1ccccc1. The summed E-state index contributed by atoms with van der Waals surface area (Å²) in [7, 11) is 0. The van der Waals surface area contributed by atoms with Gasteiger partial charge in [0.2, 0.25) is 11.1 Å². The lowest BCUT2D eigenvalue weighted by Gasteiger charge is -2.11. The average molecular weight is 248 g/mol. The Kier molecular flexibility index (Phi) is 3.93. The minimum absolute atomic E-state index is 0.341. The van der Waals surface area contributed by atoms with E-state index in [1.165, 1.54) is 17.1 Å². The van der Waals surface area contributed by atoms with E-state index in [4.69, 9.17) is 5.73 Å². The fraction of sp³-hybridized carbons (Fsp3) is 0.333. The number of hydrogen-bond acceptors (Lipinski definition) is 5. The number of nitrogens with zero attached hydrogens (tertiary/aromatic N) is 2. The highest BCUT2D eigenvalue weighted by Crippen LogP contribution is 2.19. The molecular formula is C12H16N4S. The van der Waals surface area contributed by atoms with Crippen molar-refractivity contribution in [1.29, 1.82) is 0 Å². The van der Waals surface area contributed by atoms with E-state index in [1.807, 2.05) is 6.07 Å². The first-order valence-electron chi connectivity index (χ1n) is 5.63. The molecule has 17 heavy (non-hydrogen) atoms. The minimum atomic E-state index is 0.341. The summed E-state index contributed by atoms with van der Waals surface area (Å²) < 4.78 is 3.92. The maximum absolute atomic E-state index is 5.45. The summed E-state index contributed by atoms with van der Waals surface area (Å²) in [5, 5.41) is 4.03. The van der Waals surface area contributed by atoms with Gasteiger partial charge < -0.3 is 11.1 Å². The van der Waals surface area contributed by atoms with Crippen LogP contribution in [-0.4, -0.2) is 15.9 Å². The zero-order chi connectivity index (χ0) is 12.1. The third kappa shape index (κ3) is 3.42. The lowest BCUT2D eigenvalue weighted by atomic mass is 9.98. The Morgan fingerprint density at radius 2 is 2.12 bits per heavy atom. The molecule has 0 aliphatic heterocycles. The first-order chi connectivity index (χ1) is 8.25. The van der Waals surface area contributed by atoms with Crippen molar-refractivity contribution in [1.82, 2.24) is 9.36 Å². The highest BCUT2D eigenvalue weighted by molar-refractivity contribution is 7.09. The van der Waals surface area contributed by atoms with Gasteiger partial charge in [0, 0.05) is 18.1 Å². The molecule has 0 radical (unpaired) electrons. The van der Waals surface area contributed by atoms with E-state index >= 15 is 0 Å². The smallest absolute Gasteiger partial charge is 0.233 e. The Balaban J connectivity index is 1.79. The fourth-order valence-electron chi connectivity index (χ4n) is 1.65. The van der Waals surface area contributed by atoms with E-state index in [1.54, 1.807) is 0 Å². The standard InChI is InChI=1S/C12H16N4S/c1-9(10-5-3-2-4-6-10)7-8-14-12-15-11(13)16-17-12/h2-6,9H,7-8H2,1H3,(H3,13,14,15,16). The zero-order valence-electron chi connectivity index (χ0n) is 9.76. The van der Waals surface area contributed by atoms with E-state index in [2.05, 4.69) is 45.9 Å². The molecule has 0 fully saturated rings. The number of nitrogens with one attached hydrogen (secondary N) is 1. The quantitative estimate of drug-likeness (QED) is 0.854. The van der Waals surface area contributed by atoms with Gasteiger partial charge in [0.1, 0.15) is 0 Å². The van der Waals surface area contributed by atoms with Crippen molar-refractivity contribution in [3.8, 4) is 0 Å². The second kappa shape index (κ2) is 5.63. The summed E-state index contributed by atoms with van der Waals surface area (Å²) in [6.45, 7) is 3.11. The Hall–Kier alpha value is -1.62. The summed E-state index contributed by atoms with van der Waals surface area (Å²) in [5.74, 6) is 0.877. The number of anilines is 2. The van der Waals surface area contributed by atoms with E-state index in [-0.39, 0.29) is 0 Å². The van der Waals surface area contributed by atoms with E-state index in [9.17, 15) is 0 Å². The Labute approximate surface area is 105 Å². The van der Waals surface area contributed by atoms with Crippen molar-refractivity contribution in [3.05, 3.63) is 35.9 Å². The largest absolute Gasteiger partial charge is 0.367 e. The number of hydrogen-bond donors (Lipinski definition) is 2. The van der Waals surface area contributed by atoms with Crippen LogP contribution < -0.4 is 11.1 Å². The summed E-state index contributed by atoms with van der Waals surface area (Å²) in [4.78, 5) is 4.05. The number of nitrogen functional groups attached to an aromatic ring is 1. The lowest BCUT2D eigenvalue weighted by Crippen LogP contribution is -2.05. The molecule has 1 aromatic heterocycles. The van der Waals surface area contributed by atoms with Gasteiger partial charge in [0.05, 0.1) is 0 Å². The maximum Gasteiger partial charge on any atom is 0.233 e. The van der Waals surface area contributed by atoms with E-state index < -0.39 is 0 Å². The number of nitrogens with two attached hydrogens (primary N) is 1. The molecule has 0 saturated carbocycles. The molecule has 0 aliphatic rings. The van der Waals surface area contributed by atoms with Gasteiger partial charge in [-0.05, 0) is 17.9 Å². The predicted molar refractivity (Wildman–Crippen MR) is 72.3 cm³/mol. The molecule has 5 heteroatoms. The molecule has 0 bridgehead atoms. The van der Waals surface area contributed by atoms with Crippen molar-refractivity contribution in [2.75, 3.05) is 17.6 Å². The van der Waals surface area contributed by atoms with Gasteiger partial charge in [-0.25, -0.2) is 0 Å². The molecule has 90 valence electrons. The zero-order valence-corrected chi connectivity index (χ0v) is 10.6. The number of rotatable bonds is 5. The fourth-order valence-corrected chi connectivity index (χ4v) is 2.17. The minimum Gasteiger partial charge on any atom is -0.367 e. The van der Waals surface area contributed by atoms with Gasteiger partial charge in [-0.3, -0.25) is 0 Å². The molecule has 2 rings (SSSR count). The van der Waals surface area contributed by atoms with E-state index in [0.29, 0.717) is 11.9 Å². The van der Waals surface area contributed by atoms with Gasteiger partial charge in [-0.2, -0.15) is 9.36 Å². The molecule has 0 amide bonds. The molecule has 1 unspecified atom stereocenters. The maximum atomic E-state index is 5.45. The van der Waals surface area contributed by atoms with Crippen LogP contribution in [0.2, 0.25) is 0 Å². The Morgan fingerprint density at radius 3 is 2.76 bits per heavy atom. The molecule has 3 N–H and O–H groups in total. The molecule has 2 aromatic rings. The molecule has 0 aliphatic carbocycles. The molecular weight excluding hydrogens is 232 g/mol. The van der Waals surface area contributed by atoms with Crippen LogP contribution in [0.1, 0.15) is 24.8 Å². The third-order valence-corrected chi connectivity index (χ3v) is 3.35. The first kappa shape index (κ1) is 11.9. The number of benzene rings is 1. The van der Waals surface area contributed by atoms with Crippen molar-refractivity contribution < 1.29 is 0 Å². The van der Waals surface area contributed by atoms with Gasteiger partial charge in [-0.15, -0.1) is 0 Å². The van der Waals surface area contributed by atoms with Gasteiger partial charge >= 0.3 is 0 Å². The van der Waals surface area contributed by atoms with Crippen LogP contribution in [0.15, 0.2) is 30.3 Å². The van der Waals surface area contributed by atoms with Gasteiger partial charge in [0.15, 0.2) is 0 Å².